The molecule has 1 atom stereocenters. The lowest BCUT2D eigenvalue weighted by atomic mass is 9.81. The van der Waals surface area contributed by atoms with Crippen LogP contribution in [0.15, 0.2) is 28.8 Å². The van der Waals surface area contributed by atoms with Crippen molar-refractivity contribution in [2.24, 2.45) is 0 Å². The number of nitrogens with zero attached hydrogens (tertiary/aromatic N) is 2. The van der Waals surface area contributed by atoms with Crippen LogP contribution in [-0.4, -0.2) is 5.16 Å². The lowest BCUT2D eigenvalue weighted by Gasteiger charge is -2.21. The Morgan fingerprint density at radius 3 is 3.06 bits per heavy atom. The van der Waals surface area contributed by atoms with E-state index in [-0.39, 0.29) is 5.92 Å². The van der Waals surface area contributed by atoms with Crippen molar-refractivity contribution in [3.05, 3.63) is 46.6 Å². The fourth-order valence-electron chi connectivity index (χ4n) is 2.69. The first kappa shape index (κ1) is 10.8. The van der Waals surface area contributed by atoms with E-state index in [2.05, 4.69) is 11.2 Å². The molecule has 1 heterocycles. The molecule has 0 aliphatic heterocycles. The molecule has 1 aromatic carbocycles. The van der Waals surface area contributed by atoms with Gasteiger partial charge in [-0.15, -0.1) is 0 Å². The molecule has 18 heavy (non-hydrogen) atoms. The maximum absolute atomic E-state index is 9.18. The predicted octanol–water partition coefficient (Wildman–Crippen LogP) is 2.60. The molecule has 0 radical (unpaired) electrons. The first-order valence-corrected chi connectivity index (χ1v) is 6.04. The van der Waals surface area contributed by atoms with Crippen molar-refractivity contribution in [2.45, 2.75) is 25.2 Å². The summed E-state index contributed by atoms with van der Waals surface area (Å²) in [5.74, 6) is 0.551. The molecule has 1 aromatic heterocycles. The lowest BCUT2D eigenvalue weighted by molar-refractivity contribution is 0.422. The van der Waals surface area contributed by atoms with E-state index in [9.17, 15) is 5.26 Å². The number of nitriles is 1. The number of hydrogen-bond acceptors (Lipinski definition) is 4. The van der Waals surface area contributed by atoms with Crippen molar-refractivity contribution in [2.75, 3.05) is 5.73 Å². The summed E-state index contributed by atoms with van der Waals surface area (Å²) in [6.45, 7) is 0. The van der Waals surface area contributed by atoms with Gasteiger partial charge in [0.05, 0.1) is 17.3 Å². The quantitative estimate of drug-likeness (QED) is 0.829. The average Bonchev–Trinajstić information content (AvgIpc) is 2.81. The highest BCUT2D eigenvalue weighted by molar-refractivity contribution is 5.49. The number of fused-ring (bicyclic) bond motifs is 1. The van der Waals surface area contributed by atoms with Crippen molar-refractivity contribution in [3.8, 4) is 6.07 Å². The van der Waals surface area contributed by atoms with Crippen molar-refractivity contribution in [1.29, 1.82) is 5.26 Å². The zero-order valence-electron chi connectivity index (χ0n) is 9.89. The summed E-state index contributed by atoms with van der Waals surface area (Å²) in [7, 11) is 0. The van der Waals surface area contributed by atoms with E-state index in [0.29, 0.717) is 11.4 Å². The number of nitrogen functional groups attached to an aromatic ring is 1. The second-order valence-corrected chi connectivity index (χ2v) is 4.55. The van der Waals surface area contributed by atoms with Crippen LogP contribution in [0.3, 0.4) is 0 Å². The van der Waals surface area contributed by atoms with Crippen LogP contribution in [0, 0.1) is 11.3 Å². The number of nitrogens with two attached hydrogens (primary N) is 1. The molecule has 0 bridgehead atoms. The van der Waals surface area contributed by atoms with Crippen molar-refractivity contribution in [3.63, 3.8) is 0 Å². The molecule has 0 fully saturated rings. The Hall–Kier alpha value is -2.28. The van der Waals surface area contributed by atoms with E-state index < -0.39 is 0 Å². The van der Waals surface area contributed by atoms with E-state index in [1.807, 2.05) is 24.3 Å². The van der Waals surface area contributed by atoms with Crippen LogP contribution in [-0.2, 0) is 6.42 Å². The minimum absolute atomic E-state index is 0.130. The average molecular weight is 239 g/mol. The van der Waals surface area contributed by atoms with E-state index in [1.165, 1.54) is 0 Å². The highest BCUT2D eigenvalue weighted by Crippen LogP contribution is 2.39. The Morgan fingerprint density at radius 1 is 1.39 bits per heavy atom. The number of aromatic nitrogens is 1. The van der Waals surface area contributed by atoms with Crippen LogP contribution in [0.25, 0.3) is 0 Å². The van der Waals surface area contributed by atoms with Crippen molar-refractivity contribution >= 4 is 5.88 Å². The first-order chi connectivity index (χ1) is 8.81. The molecule has 1 unspecified atom stereocenters. The highest BCUT2D eigenvalue weighted by Gasteiger charge is 2.29. The summed E-state index contributed by atoms with van der Waals surface area (Å²) in [5, 5.41) is 13.3. The molecule has 0 saturated carbocycles. The van der Waals surface area contributed by atoms with Gasteiger partial charge in [-0.05, 0) is 30.9 Å². The van der Waals surface area contributed by atoms with E-state index >= 15 is 0 Å². The SMILES string of the molecule is N#Cc1ccccc1C1CCCc2c1noc2N. The molecule has 90 valence electrons. The molecule has 1 aliphatic rings. The lowest BCUT2D eigenvalue weighted by Crippen LogP contribution is -2.12. The summed E-state index contributed by atoms with van der Waals surface area (Å²) in [6.07, 6.45) is 2.94. The fraction of sp³-hybridized carbons (Fsp3) is 0.286. The summed E-state index contributed by atoms with van der Waals surface area (Å²) in [4.78, 5) is 0. The summed E-state index contributed by atoms with van der Waals surface area (Å²) >= 11 is 0. The summed E-state index contributed by atoms with van der Waals surface area (Å²) < 4.78 is 5.09. The number of benzene rings is 1. The number of rotatable bonds is 1. The Bertz CT molecular complexity index is 624. The van der Waals surface area contributed by atoms with Crippen LogP contribution in [0.2, 0.25) is 0 Å². The molecule has 3 rings (SSSR count). The molecule has 1 aliphatic carbocycles. The third-order valence-corrected chi connectivity index (χ3v) is 3.56. The second kappa shape index (κ2) is 4.19. The van der Waals surface area contributed by atoms with Gasteiger partial charge in [0.15, 0.2) is 0 Å². The largest absolute Gasteiger partial charge is 0.367 e. The van der Waals surface area contributed by atoms with Gasteiger partial charge >= 0.3 is 0 Å². The maximum atomic E-state index is 9.18. The summed E-state index contributed by atoms with van der Waals surface area (Å²) in [6, 6.07) is 9.90. The number of hydrogen-bond donors (Lipinski definition) is 1. The van der Waals surface area contributed by atoms with Crippen LogP contribution < -0.4 is 5.73 Å². The molecule has 2 aromatic rings. The van der Waals surface area contributed by atoms with Gasteiger partial charge in [-0.25, -0.2) is 0 Å². The standard InChI is InChI=1S/C14H13N3O/c15-8-9-4-1-2-5-10(9)11-6-3-7-12-13(11)17-18-14(12)16/h1-2,4-5,11H,3,6-7,16H2. The van der Waals surface area contributed by atoms with Crippen LogP contribution in [0.5, 0.6) is 0 Å². The van der Waals surface area contributed by atoms with Crippen LogP contribution in [0.1, 0.15) is 41.1 Å². The monoisotopic (exact) mass is 239 g/mol. The molecule has 0 saturated heterocycles. The minimum Gasteiger partial charge on any atom is -0.367 e. The summed E-state index contributed by atoms with van der Waals surface area (Å²) in [5.41, 5.74) is 9.42. The van der Waals surface area contributed by atoms with Crippen molar-refractivity contribution in [1.82, 2.24) is 5.16 Å². The van der Waals surface area contributed by atoms with Gasteiger partial charge in [-0.1, -0.05) is 23.4 Å². The van der Waals surface area contributed by atoms with Gasteiger partial charge in [-0.2, -0.15) is 5.26 Å². The van der Waals surface area contributed by atoms with Gasteiger partial charge in [0.25, 0.3) is 0 Å². The molecule has 0 amide bonds. The van der Waals surface area contributed by atoms with E-state index in [0.717, 1.165) is 36.1 Å². The van der Waals surface area contributed by atoms with Crippen molar-refractivity contribution < 1.29 is 4.52 Å². The Kier molecular flexibility index (Phi) is 2.52. The Labute approximate surface area is 105 Å². The fourth-order valence-corrected chi connectivity index (χ4v) is 2.69. The molecular formula is C14H13N3O. The third kappa shape index (κ3) is 1.56. The smallest absolute Gasteiger partial charge is 0.225 e. The normalized spacial score (nSPS) is 18.1. The Balaban J connectivity index is 2.12. The zero-order valence-corrected chi connectivity index (χ0v) is 9.89. The van der Waals surface area contributed by atoms with E-state index in [4.69, 9.17) is 10.3 Å². The first-order valence-electron chi connectivity index (χ1n) is 6.04. The topological polar surface area (TPSA) is 75.8 Å². The van der Waals surface area contributed by atoms with Crippen LogP contribution in [0.4, 0.5) is 5.88 Å². The molecule has 4 nitrogen and oxygen atoms in total. The molecule has 0 spiro atoms. The van der Waals surface area contributed by atoms with Gasteiger partial charge in [-0.3, -0.25) is 0 Å². The predicted molar refractivity (Wildman–Crippen MR) is 66.9 cm³/mol. The molecular weight excluding hydrogens is 226 g/mol. The second-order valence-electron chi connectivity index (χ2n) is 4.55. The van der Waals surface area contributed by atoms with E-state index in [1.54, 1.807) is 0 Å². The Morgan fingerprint density at radius 2 is 2.22 bits per heavy atom. The molecule has 2 N–H and O–H groups in total. The van der Waals surface area contributed by atoms with Crippen LogP contribution >= 0.6 is 0 Å². The third-order valence-electron chi connectivity index (χ3n) is 3.56. The zero-order chi connectivity index (χ0) is 12.5. The number of anilines is 1. The minimum atomic E-state index is 0.130. The van der Waals surface area contributed by atoms with Gasteiger partial charge in [0.2, 0.25) is 5.88 Å². The highest BCUT2D eigenvalue weighted by atomic mass is 16.5. The van der Waals surface area contributed by atoms with Gasteiger partial charge in [0.1, 0.15) is 0 Å². The molecule has 4 heteroatoms. The van der Waals surface area contributed by atoms with Gasteiger partial charge < -0.3 is 10.3 Å². The maximum Gasteiger partial charge on any atom is 0.225 e. The van der Waals surface area contributed by atoms with Gasteiger partial charge in [0, 0.05) is 11.5 Å².